The van der Waals surface area contributed by atoms with Crippen LogP contribution in [0.3, 0.4) is 0 Å². The zero-order valence-electron chi connectivity index (χ0n) is 9.35. The molecular formula is C11H16N2O3. The largest absolute Gasteiger partial charge is 0.481 e. The Balaban J connectivity index is 1.99. The van der Waals surface area contributed by atoms with Crippen LogP contribution < -0.4 is 0 Å². The first-order chi connectivity index (χ1) is 7.66. The van der Waals surface area contributed by atoms with Gasteiger partial charge in [0.05, 0.1) is 18.2 Å². The lowest BCUT2D eigenvalue weighted by Crippen LogP contribution is -2.33. The SMILES string of the molecule is CCC1(C(=O)O)CCN(Cc2ccno2)C1. The highest BCUT2D eigenvalue weighted by atomic mass is 16.5. The number of nitrogens with zero attached hydrogens (tertiary/aromatic N) is 2. The van der Waals surface area contributed by atoms with E-state index in [-0.39, 0.29) is 0 Å². The Labute approximate surface area is 94.0 Å². The Bertz CT molecular complexity index is 363. The van der Waals surface area contributed by atoms with E-state index in [4.69, 9.17) is 4.52 Å². The molecule has 1 aliphatic rings. The first-order valence-corrected chi connectivity index (χ1v) is 5.51. The number of likely N-dealkylation sites (tertiary alicyclic amines) is 1. The van der Waals surface area contributed by atoms with Gasteiger partial charge in [-0.1, -0.05) is 12.1 Å². The standard InChI is InChI=1S/C11H16N2O3/c1-2-11(10(14)15)4-6-13(8-11)7-9-3-5-12-16-9/h3,5H,2,4,6-8H2,1H3,(H,14,15). The van der Waals surface area contributed by atoms with Gasteiger partial charge in [0.2, 0.25) is 0 Å². The number of hydrogen-bond donors (Lipinski definition) is 1. The zero-order chi connectivity index (χ0) is 11.6. The van der Waals surface area contributed by atoms with Crippen molar-refractivity contribution < 1.29 is 14.4 Å². The number of aliphatic carboxylic acids is 1. The normalized spacial score (nSPS) is 26.1. The summed E-state index contributed by atoms with van der Waals surface area (Å²) >= 11 is 0. The third-order valence-corrected chi connectivity index (χ3v) is 3.43. The molecule has 1 atom stereocenters. The van der Waals surface area contributed by atoms with Gasteiger partial charge in [-0.05, 0) is 19.4 Å². The smallest absolute Gasteiger partial charge is 0.310 e. The van der Waals surface area contributed by atoms with Gasteiger partial charge in [-0.3, -0.25) is 9.69 Å². The molecule has 0 bridgehead atoms. The Kier molecular flexibility index (Phi) is 2.96. The molecule has 0 aliphatic carbocycles. The van der Waals surface area contributed by atoms with E-state index in [1.165, 1.54) is 0 Å². The number of aromatic nitrogens is 1. The molecule has 1 fully saturated rings. The molecule has 1 aromatic heterocycles. The minimum Gasteiger partial charge on any atom is -0.481 e. The lowest BCUT2D eigenvalue weighted by molar-refractivity contribution is -0.148. The van der Waals surface area contributed by atoms with Gasteiger partial charge in [-0.15, -0.1) is 0 Å². The first kappa shape index (κ1) is 11.1. The highest BCUT2D eigenvalue weighted by Gasteiger charge is 2.43. The van der Waals surface area contributed by atoms with Crippen LogP contribution in [0.5, 0.6) is 0 Å². The maximum absolute atomic E-state index is 11.2. The highest BCUT2D eigenvalue weighted by molar-refractivity contribution is 5.75. The molecular weight excluding hydrogens is 208 g/mol. The van der Waals surface area contributed by atoms with Crippen molar-refractivity contribution in [3.8, 4) is 0 Å². The molecule has 88 valence electrons. The van der Waals surface area contributed by atoms with Gasteiger partial charge in [0, 0.05) is 12.6 Å². The monoisotopic (exact) mass is 224 g/mol. The molecule has 5 nitrogen and oxygen atoms in total. The van der Waals surface area contributed by atoms with Crippen molar-refractivity contribution in [2.45, 2.75) is 26.3 Å². The van der Waals surface area contributed by atoms with E-state index in [1.807, 2.05) is 13.0 Å². The van der Waals surface area contributed by atoms with Crippen molar-refractivity contribution in [2.24, 2.45) is 5.41 Å². The van der Waals surface area contributed by atoms with Gasteiger partial charge < -0.3 is 9.63 Å². The van der Waals surface area contributed by atoms with E-state index in [2.05, 4.69) is 10.1 Å². The maximum atomic E-state index is 11.2. The Morgan fingerprint density at radius 2 is 2.56 bits per heavy atom. The summed E-state index contributed by atoms with van der Waals surface area (Å²) in [5, 5.41) is 12.9. The second kappa shape index (κ2) is 4.25. The third-order valence-electron chi connectivity index (χ3n) is 3.43. The van der Waals surface area contributed by atoms with Crippen LogP contribution in [-0.2, 0) is 11.3 Å². The summed E-state index contributed by atoms with van der Waals surface area (Å²) in [5.41, 5.74) is -0.569. The fourth-order valence-electron chi connectivity index (χ4n) is 2.25. The van der Waals surface area contributed by atoms with Crippen LogP contribution in [-0.4, -0.2) is 34.2 Å². The maximum Gasteiger partial charge on any atom is 0.310 e. The van der Waals surface area contributed by atoms with Crippen molar-refractivity contribution in [2.75, 3.05) is 13.1 Å². The summed E-state index contributed by atoms with van der Waals surface area (Å²) in [5.74, 6) is 0.104. The van der Waals surface area contributed by atoms with Crippen molar-refractivity contribution in [3.05, 3.63) is 18.0 Å². The summed E-state index contributed by atoms with van der Waals surface area (Å²) in [6.07, 6.45) is 3.00. The molecule has 1 unspecified atom stereocenters. The predicted molar refractivity (Wildman–Crippen MR) is 56.8 cm³/mol. The molecule has 1 saturated heterocycles. The average Bonchev–Trinajstić information content (AvgIpc) is 2.88. The molecule has 1 N–H and O–H groups in total. The summed E-state index contributed by atoms with van der Waals surface area (Å²) in [4.78, 5) is 13.3. The summed E-state index contributed by atoms with van der Waals surface area (Å²) in [6.45, 7) is 3.99. The highest BCUT2D eigenvalue weighted by Crippen LogP contribution is 2.34. The summed E-state index contributed by atoms with van der Waals surface area (Å²) in [6, 6.07) is 1.81. The molecule has 2 rings (SSSR count). The molecule has 1 aliphatic heterocycles. The van der Waals surface area contributed by atoms with Gasteiger partial charge >= 0.3 is 5.97 Å². The zero-order valence-corrected chi connectivity index (χ0v) is 9.35. The first-order valence-electron chi connectivity index (χ1n) is 5.51. The Morgan fingerprint density at radius 1 is 1.75 bits per heavy atom. The molecule has 0 saturated carbocycles. The van der Waals surface area contributed by atoms with Crippen LogP contribution in [0, 0.1) is 5.41 Å². The van der Waals surface area contributed by atoms with Crippen molar-refractivity contribution in [3.63, 3.8) is 0 Å². The Hall–Kier alpha value is -1.36. The number of carboxylic acid groups (broad SMARTS) is 1. The van der Waals surface area contributed by atoms with E-state index in [0.29, 0.717) is 25.9 Å². The van der Waals surface area contributed by atoms with Crippen molar-refractivity contribution in [1.82, 2.24) is 10.1 Å². The number of carboxylic acids is 1. The van der Waals surface area contributed by atoms with Gasteiger partial charge in [0.1, 0.15) is 0 Å². The minimum atomic E-state index is -0.685. The van der Waals surface area contributed by atoms with Crippen molar-refractivity contribution in [1.29, 1.82) is 0 Å². The fourth-order valence-corrected chi connectivity index (χ4v) is 2.25. The van der Waals surface area contributed by atoms with Crippen LogP contribution in [0.25, 0.3) is 0 Å². The number of hydrogen-bond acceptors (Lipinski definition) is 4. The lowest BCUT2D eigenvalue weighted by Gasteiger charge is -2.22. The van der Waals surface area contributed by atoms with E-state index in [9.17, 15) is 9.90 Å². The molecule has 16 heavy (non-hydrogen) atoms. The van der Waals surface area contributed by atoms with E-state index >= 15 is 0 Å². The molecule has 0 spiro atoms. The molecule has 1 aromatic rings. The topological polar surface area (TPSA) is 66.6 Å². The van der Waals surface area contributed by atoms with Crippen LogP contribution in [0.15, 0.2) is 16.8 Å². The summed E-state index contributed by atoms with van der Waals surface area (Å²) in [7, 11) is 0. The van der Waals surface area contributed by atoms with E-state index < -0.39 is 11.4 Å². The quantitative estimate of drug-likeness (QED) is 0.836. The average molecular weight is 224 g/mol. The van der Waals surface area contributed by atoms with E-state index in [1.54, 1.807) is 6.20 Å². The van der Waals surface area contributed by atoms with Crippen LogP contribution in [0.2, 0.25) is 0 Å². The van der Waals surface area contributed by atoms with Crippen LogP contribution in [0.4, 0.5) is 0 Å². The number of rotatable bonds is 4. The molecule has 0 radical (unpaired) electrons. The third kappa shape index (κ3) is 1.95. The van der Waals surface area contributed by atoms with Gasteiger partial charge in [0.15, 0.2) is 5.76 Å². The van der Waals surface area contributed by atoms with Gasteiger partial charge in [-0.25, -0.2) is 0 Å². The fraction of sp³-hybridized carbons (Fsp3) is 0.636. The molecule has 0 aromatic carbocycles. The predicted octanol–water partition coefficient (Wildman–Crippen LogP) is 1.36. The second-order valence-corrected chi connectivity index (χ2v) is 4.38. The molecule has 0 amide bonds. The summed E-state index contributed by atoms with van der Waals surface area (Å²) < 4.78 is 5.02. The van der Waals surface area contributed by atoms with Crippen LogP contribution >= 0.6 is 0 Å². The van der Waals surface area contributed by atoms with E-state index in [0.717, 1.165) is 12.3 Å². The van der Waals surface area contributed by atoms with Crippen LogP contribution in [0.1, 0.15) is 25.5 Å². The minimum absolute atomic E-state index is 0.569. The van der Waals surface area contributed by atoms with Gasteiger partial charge in [0.25, 0.3) is 0 Å². The molecule has 5 heteroatoms. The van der Waals surface area contributed by atoms with Crippen molar-refractivity contribution >= 4 is 5.97 Å². The van der Waals surface area contributed by atoms with Gasteiger partial charge in [-0.2, -0.15) is 0 Å². The lowest BCUT2D eigenvalue weighted by atomic mass is 9.84. The molecule has 2 heterocycles. The number of carbonyl (C=O) groups is 1. The second-order valence-electron chi connectivity index (χ2n) is 4.38. The Morgan fingerprint density at radius 3 is 3.06 bits per heavy atom.